The van der Waals surface area contributed by atoms with Gasteiger partial charge in [0.15, 0.2) is 0 Å². The predicted octanol–water partition coefficient (Wildman–Crippen LogP) is 1.98. The van der Waals surface area contributed by atoms with Crippen LogP contribution in [0.1, 0.15) is 30.4 Å². The first-order valence-electron chi connectivity index (χ1n) is 7.84. The molecule has 6 nitrogen and oxygen atoms in total. The lowest BCUT2D eigenvalue weighted by atomic mass is 10.0. The number of rotatable bonds is 5. The summed E-state index contributed by atoms with van der Waals surface area (Å²) in [7, 11) is 0. The Balaban J connectivity index is 2.37. The van der Waals surface area contributed by atoms with Crippen LogP contribution >= 0.6 is 11.8 Å². The molecule has 0 saturated carbocycles. The first-order chi connectivity index (χ1) is 11.5. The summed E-state index contributed by atoms with van der Waals surface area (Å²) in [5.74, 6) is -1.61. The highest BCUT2D eigenvalue weighted by molar-refractivity contribution is 8.02. The molecule has 0 unspecified atom stereocenters. The molecule has 1 aliphatic rings. The van der Waals surface area contributed by atoms with Gasteiger partial charge in [0.1, 0.15) is 11.5 Å². The maximum Gasteiger partial charge on any atom is 0.336 e. The number of esters is 2. The van der Waals surface area contributed by atoms with E-state index in [-0.39, 0.29) is 19.8 Å². The zero-order chi connectivity index (χ0) is 17.7. The number of aliphatic hydroxyl groups is 1. The van der Waals surface area contributed by atoms with Crippen molar-refractivity contribution in [2.45, 2.75) is 37.1 Å². The number of ether oxygens (including phenoxy) is 3. The Morgan fingerprint density at radius 3 is 2.25 bits per heavy atom. The molecule has 132 valence electrons. The average molecular weight is 354 g/mol. The van der Waals surface area contributed by atoms with Crippen molar-refractivity contribution in [3.05, 3.63) is 35.4 Å². The molecule has 2 rings (SSSR count). The molecule has 1 saturated heterocycles. The van der Waals surface area contributed by atoms with Gasteiger partial charge in [-0.15, -0.1) is 0 Å². The molecule has 2 atom stereocenters. The number of carbonyl (C=O) groups is 2. The fraction of sp³-hybridized carbons (Fsp3) is 0.529. The van der Waals surface area contributed by atoms with E-state index in [9.17, 15) is 14.7 Å². The maximum atomic E-state index is 12.5. The van der Waals surface area contributed by atoms with Crippen molar-refractivity contribution < 1.29 is 28.9 Å². The summed E-state index contributed by atoms with van der Waals surface area (Å²) in [6.45, 7) is 5.29. The van der Waals surface area contributed by atoms with Gasteiger partial charge in [-0.2, -0.15) is 0 Å². The molecule has 7 heteroatoms. The van der Waals surface area contributed by atoms with E-state index in [1.54, 1.807) is 13.8 Å². The molecular weight excluding hydrogens is 332 g/mol. The molecule has 0 bridgehead atoms. The Labute approximate surface area is 145 Å². The third kappa shape index (κ3) is 3.58. The second-order valence-electron chi connectivity index (χ2n) is 5.39. The van der Waals surface area contributed by atoms with Gasteiger partial charge in [-0.1, -0.05) is 41.6 Å². The van der Waals surface area contributed by atoms with Crippen LogP contribution in [0.4, 0.5) is 0 Å². The van der Waals surface area contributed by atoms with E-state index in [4.69, 9.17) is 14.2 Å². The summed E-state index contributed by atoms with van der Waals surface area (Å²) >= 11 is 0.921. The van der Waals surface area contributed by atoms with E-state index >= 15 is 0 Å². The quantitative estimate of drug-likeness (QED) is 0.639. The fourth-order valence-corrected chi connectivity index (χ4v) is 3.71. The number of hydrogen-bond donors (Lipinski definition) is 1. The molecule has 1 aromatic carbocycles. The summed E-state index contributed by atoms with van der Waals surface area (Å²) in [5, 5.41) is 10.4. The molecule has 0 amide bonds. The lowest BCUT2D eigenvalue weighted by molar-refractivity contribution is -0.166. The van der Waals surface area contributed by atoms with Crippen molar-refractivity contribution in [2.75, 3.05) is 19.8 Å². The second kappa shape index (κ2) is 8.00. The molecule has 24 heavy (non-hydrogen) atoms. The van der Waals surface area contributed by atoms with Crippen LogP contribution in [0.2, 0.25) is 0 Å². The monoisotopic (exact) mass is 354 g/mol. The highest BCUT2D eigenvalue weighted by Gasteiger charge is 2.59. The molecule has 1 aromatic rings. The van der Waals surface area contributed by atoms with Crippen LogP contribution in [-0.2, 0) is 23.8 Å². The van der Waals surface area contributed by atoms with Gasteiger partial charge in [0.05, 0.1) is 19.8 Å². The Morgan fingerprint density at radius 2 is 1.75 bits per heavy atom. The molecule has 1 N–H and O–H groups in total. The highest BCUT2D eigenvalue weighted by atomic mass is 32.2. The zero-order valence-corrected chi connectivity index (χ0v) is 14.8. The minimum absolute atomic E-state index is 0.101. The number of aryl methyl sites for hydroxylation is 1. The number of aliphatic hydroxyl groups excluding tert-OH is 1. The van der Waals surface area contributed by atoms with Crippen LogP contribution in [0.25, 0.3) is 0 Å². The Kier molecular flexibility index (Phi) is 6.26. The molecular formula is C17H22O6S. The molecule has 1 aliphatic heterocycles. The van der Waals surface area contributed by atoms with E-state index in [0.29, 0.717) is 0 Å². The minimum atomic E-state index is -1.85. The van der Waals surface area contributed by atoms with Crippen LogP contribution in [-0.4, -0.2) is 47.7 Å². The highest BCUT2D eigenvalue weighted by Crippen LogP contribution is 2.47. The number of carbonyl (C=O) groups excluding carboxylic acids is 2. The van der Waals surface area contributed by atoms with Crippen molar-refractivity contribution in [3.63, 3.8) is 0 Å². The molecule has 0 spiro atoms. The third-order valence-corrected chi connectivity index (χ3v) is 5.27. The lowest BCUT2D eigenvalue weighted by Crippen LogP contribution is -2.59. The van der Waals surface area contributed by atoms with Gasteiger partial charge in [-0.3, -0.25) is 0 Å². The third-order valence-electron chi connectivity index (χ3n) is 3.67. The van der Waals surface area contributed by atoms with Crippen LogP contribution in [0.3, 0.4) is 0 Å². The van der Waals surface area contributed by atoms with Gasteiger partial charge in [0.2, 0.25) is 4.75 Å². The van der Waals surface area contributed by atoms with Crippen molar-refractivity contribution in [1.29, 1.82) is 0 Å². The lowest BCUT2D eigenvalue weighted by Gasteiger charge is -2.39. The van der Waals surface area contributed by atoms with Gasteiger partial charge >= 0.3 is 11.9 Å². The molecule has 0 aliphatic carbocycles. The summed E-state index contributed by atoms with van der Waals surface area (Å²) in [5.41, 5.74) is 1.31. The minimum Gasteiger partial charge on any atom is -0.464 e. The summed E-state index contributed by atoms with van der Waals surface area (Å²) in [6, 6.07) is 7.57. The molecule has 1 fully saturated rings. The number of benzene rings is 1. The fourth-order valence-electron chi connectivity index (χ4n) is 2.39. The second-order valence-corrected chi connectivity index (χ2v) is 6.69. The van der Waals surface area contributed by atoms with Crippen LogP contribution < -0.4 is 0 Å². The average Bonchev–Trinajstić information content (AvgIpc) is 2.56. The number of hydrogen-bond acceptors (Lipinski definition) is 7. The molecule has 0 aromatic heterocycles. The van der Waals surface area contributed by atoms with E-state index < -0.39 is 28.2 Å². The van der Waals surface area contributed by atoms with E-state index in [2.05, 4.69) is 0 Å². The summed E-state index contributed by atoms with van der Waals surface area (Å²) < 4.78 is 13.9. The van der Waals surface area contributed by atoms with Gasteiger partial charge in [0.25, 0.3) is 0 Å². The van der Waals surface area contributed by atoms with E-state index in [0.717, 1.165) is 22.9 Å². The molecule has 0 radical (unpaired) electrons. The maximum absolute atomic E-state index is 12.5. The Hall–Kier alpha value is -1.57. The van der Waals surface area contributed by atoms with Gasteiger partial charge in [-0.25, -0.2) is 9.59 Å². The van der Waals surface area contributed by atoms with Crippen LogP contribution in [0.5, 0.6) is 0 Å². The van der Waals surface area contributed by atoms with Crippen LogP contribution in [0, 0.1) is 6.92 Å². The van der Waals surface area contributed by atoms with Gasteiger partial charge in [-0.05, 0) is 26.3 Å². The molecule has 1 heterocycles. The largest absolute Gasteiger partial charge is 0.464 e. The SMILES string of the molecule is CCOC(=O)C1(C(=O)OCC)S[C@@H](c2ccc(C)cc2)OC[C@@H]1O. The first kappa shape index (κ1) is 18.8. The standard InChI is InChI=1S/C17H22O6S/c1-4-21-15(19)17(16(20)22-5-2)13(18)10-23-14(24-17)12-8-6-11(3)7-9-12/h6-9,13-14,18H,4-5,10H2,1-3H3/t13-,14-/m0/s1. The topological polar surface area (TPSA) is 82.1 Å². The van der Waals surface area contributed by atoms with E-state index in [1.165, 1.54) is 0 Å². The Bertz CT molecular complexity index is 567. The first-order valence-corrected chi connectivity index (χ1v) is 8.72. The van der Waals surface area contributed by atoms with Crippen molar-refractivity contribution in [2.24, 2.45) is 0 Å². The predicted molar refractivity (Wildman–Crippen MR) is 89.5 cm³/mol. The Morgan fingerprint density at radius 1 is 1.21 bits per heavy atom. The van der Waals surface area contributed by atoms with Crippen molar-refractivity contribution in [1.82, 2.24) is 0 Å². The zero-order valence-electron chi connectivity index (χ0n) is 14.0. The van der Waals surface area contributed by atoms with Crippen molar-refractivity contribution in [3.8, 4) is 0 Å². The van der Waals surface area contributed by atoms with Crippen molar-refractivity contribution >= 4 is 23.7 Å². The van der Waals surface area contributed by atoms with Gasteiger partial charge in [0, 0.05) is 0 Å². The van der Waals surface area contributed by atoms with Crippen LogP contribution in [0.15, 0.2) is 24.3 Å². The van der Waals surface area contributed by atoms with E-state index in [1.807, 2.05) is 31.2 Å². The normalized spacial score (nSPS) is 22.7. The summed E-state index contributed by atoms with van der Waals surface area (Å²) in [4.78, 5) is 25.0. The van der Waals surface area contributed by atoms with Gasteiger partial charge < -0.3 is 19.3 Å². The smallest absolute Gasteiger partial charge is 0.336 e. The number of thioether (sulfide) groups is 1. The summed E-state index contributed by atoms with van der Waals surface area (Å²) in [6.07, 6.45) is -1.35.